The van der Waals surface area contributed by atoms with E-state index in [1.807, 2.05) is 58.5 Å². The molecule has 7 nitrogen and oxygen atoms in total. The summed E-state index contributed by atoms with van der Waals surface area (Å²) >= 11 is 1.54. The molecule has 2 rings (SSSR count). The number of nitrogens with one attached hydrogen (secondary N) is 1. The second-order valence-electron chi connectivity index (χ2n) is 10.5. The van der Waals surface area contributed by atoms with Crippen molar-refractivity contribution in [2.75, 3.05) is 20.6 Å². The number of nitrogens with zero attached hydrogens (tertiary/aromatic N) is 2. The molecule has 229 valence electrons. The number of allylic oxidation sites excluding steroid dienone is 6. The summed E-state index contributed by atoms with van der Waals surface area (Å²) in [5.74, 6) is -0.695. The van der Waals surface area contributed by atoms with E-state index in [4.69, 9.17) is 14.5 Å². The van der Waals surface area contributed by atoms with Gasteiger partial charge in [0, 0.05) is 69.6 Å². The van der Waals surface area contributed by atoms with E-state index in [9.17, 15) is 9.59 Å². The molecule has 3 unspecified atom stereocenters. The Hall–Kier alpha value is -2.13. The molecule has 9 heteroatoms. The van der Waals surface area contributed by atoms with Gasteiger partial charge in [0.05, 0.1) is 17.1 Å². The Balaban J connectivity index is 0.00000840. The molecule has 1 aromatic rings. The minimum absolute atomic E-state index is 0. The fourth-order valence-electron chi connectivity index (χ4n) is 4.08. The van der Waals surface area contributed by atoms with Gasteiger partial charge < -0.3 is 33.3 Å². The number of ether oxygens (including phenoxy) is 2. The van der Waals surface area contributed by atoms with Crippen molar-refractivity contribution >= 4 is 23.3 Å². The summed E-state index contributed by atoms with van der Waals surface area (Å²) in [6, 6.07) is -0.148. The number of rotatable bonds is 7. The fourth-order valence-corrected chi connectivity index (χ4v) is 4.95. The van der Waals surface area contributed by atoms with Gasteiger partial charge in [-0.1, -0.05) is 47.1 Å². The van der Waals surface area contributed by atoms with E-state index in [0.29, 0.717) is 25.7 Å². The summed E-state index contributed by atoms with van der Waals surface area (Å²) < 4.78 is 11.5. The smallest absolute Gasteiger partial charge is 0.331 e. The van der Waals surface area contributed by atoms with E-state index >= 15 is 0 Å². The maximum Gasteiger partial charge on any atom is 0.331 e. The van der Waals surface area contributed by atoms with E-state index in [2.05, 4.69) is 42.1 Å². The maximum atomic E-state index is 12.7. The molecule has 1 radical (unpaired) electrons. The number of fused-ring (bicyclic) bond motifs is 2. The molecule has 1 aliphatic heterocycles. The topological polar surface area (TPSA) is 80.8 Å². The standard InChI is InChI=1S/C32H44N3O4S.CH3.Y/c1-8-33-27-14-15-28-22-40-30(34-28)21-29(19-25(4)13-12-23(2)16-17-35(6)7)39-31(36)11-9-10-24(3)18-26(5)38-32(37)20-27;;/h9-13,16,19,22,26-27,29,33H,1,14-15,17-18,20-21H2,2-7H3;1H3;/q2*-1;/b11-9-,13-12+,23-16+,24-10+,25-19+;;. The third-order valence-corrected chi connectivity index (χ3v) is 7.02. The van der Waals surface area contributed by atoms with Crippen molar-refractivity contribution in [3.05, 3.63) is 95.5 Å². The molecule has 2 heterocycles. The summed E-state index contributed by atoms with van der Waals surface area (Å²) in [6.45, 7) is 12.4. The van der Waals surface area contributed by atoms with Crippen molar-refractivity contribution in [3.63, 3.8) is 0 Å². The Labute approximate surface area is 282 Å². The van der Waals surface area contributed by atoms with Crippen LogP contribution in [0.1, 0.15) is 57.7 Å². The molecule has 42 heavy (non-hydrogen) atoms. The van der Waals surface area contributed by atoms with Gasteiger partial charge in [0.25, 0.3) is 0 Å². The van der Waals surface area contributed by atoms with Gasteiger partial charge in [-0.2, -0.15) is 0 Å². The largest absolute Gasteiger partial charge is 0.565 e. The van der Waals surface area contributed by atoms with Gasteiger partial charge in [-0.15, -0.1) is 11.3 Å². The SMILES string of the molecule is C=[C-]NC1CCc2csc(n2)CC(/C=C(C)/C=C/C(C)=C/CN(C)C)OC(=O)/C=C\C=C(/C)CC(C)OC(=O)C1.[CH3-].[Y]. The van der Waals surface area contributed by atoms with Crippen molar-refractivity contribution in [1.29, 1.82) is 0 Å². The molecule has 3 atom stereocenters. The van der Waals surface area contributed by atoms with Crippen molar-refractivity contribution in [2.24, 2.45) is 0 Å². The van der Waals surface area contributed by atoms with Gasteiger partial charge in [-0.3, -0.25) is 11.4 Å². The number of esters is 2. The Bertz CT molecular complexity index is 1150. The number of likely N-dealkylation sites (N-methyl/N-ethyl adjacent to an activating group) is 1. The van der Waals surface area contributed by atoms with Crippen LogP contribution in [0.4, 0.5) is 0 Å². The van der Waals surface area contributed by atoms with Crippen LogP contribution >= 0.6 is 11.3 Å². The second kappa shape index (κ2) is 21.5. The van der Waals surface area contributed by atoms with Gasteiger partial charge in [0.15, 0.2) is 0 Å². The molecule has 0 aliphatic carbocycles. The van der Waals surface area contributed by atoms with E-state index in [0.717, 1.165) is 34.0 Å². The molecule has 1 N–H and O–H groups in total. The minimum atomic E-state index is -0.463. The molecule has 0 spiro atoms. The summed E-state index contributed by atoms with van der Waals surface area (Å²) in [6.07, 6.45) is 17.8. The summed E-state index contributed by atoms with van der Waals surface area (Å²) in [7, 11) is 4.07. The summed E-state index contributed by atoms with van der Waals surface area (Å²) in [5.41, 5.74) is 4.08. The zero-order valence-electron chi connectivity index (χ0n) is 26.3. The number of hydrogen-bond acceptors (Lipinski definition) is 8. The first kappa shape index (κ1) is 39.9. The van der Waals surface area contributed by atoms with Crippen LogP contribution in [-0.4, -0.2) is 60.7 Å². The van der Waals surface area contributed by atoms with Gasteiger partial charge in [-0.25, -0.2) is 9.78 Å². The molecular weight excluding hydrogens is 623 g/mol. The number of aromatic nitrogens is 1. The minimum Gasteiger partial charge on any atom is -0.565 e. The van der Waals surface area contributed by atoms with Crippen LogP contribution in [0.2, 0.25) is 0 Å². The van der Waals surface area contributed by atoms with E-state index < -0.39 is 12.1 Å². The predicted molar refractivity (Wildman–Crippen MR) is 169 cm³/mol. The molecule has 2 bridgehead atoms. The van der Waals surface area contributed by atoms with Crippen molar-refractivity contribution in [3.8, 4) is 0 Å². The average Bonchev–Trinajstić information content (AvgIpc) is 3.31. The van der Waals surface area contributed by atoms with Gasteiger partial charge >= 0.3 is 11.9 Å². The Morgan fingerprint density at radius 3 is 2.60 bits per heavy atom. The zero-order chi connectivity index (χ0) is 29.5. The normalized spacial score (nSPS) is 23.6. The zero-order valence-corrected chi connectivity index (χ0v) is 30.0. The van der Waals surface area contributed by atoms with E-state index in [1.54, 1.807) is 17.4 Å². The predicted octanol–water partition coefficient (Wildman–Crippen LogP) is 6.12. The van der Waals surface area contributed by atoms with Crippen LogP contribution in [0.3, 0.4) is 0 Å². The Morgan fingerprint density at radius 2 is 1.90 bits per heavy atom. The van der Waals surface area contributed by atoms with E-state index in [-0.39, 0.29) is 64.7 Å². The molecule has 0 saturated carbocycles. The average molecular weight is 671 g/mol. The van der Waals surface area contributed by atoms with Crippen LogP contribution in [0, 0.1) is 13.6 Å². The van der Waals surface area contributed by atoms with Crippen LogP contribution in [0.25, 0.3) is 0 Å². The molecule has 1 aliphatic rings. The number of thiazole rings is 1. The quantitative estimate of drug-likeness (QED) is 0.162. The van der Waals surface area contributed by atoms with E-state index in [1.165, 1.54) is 6.08 Å². The maximum absolute atomic E-state index is 12.7. The Kier molecular flexibility index (Phi) is 20.5. The van der Waals surface area contributed by atoms with Gasteiger partial charge in [0.1, 0.15) is 12.2 Å². The summed E-state index contributed by atoms with van der Waals surface area (Å²) in [5, 5.41) is 5.95. The monoisotopic (exact) mass is 670 g/mol. The van der Waals surface area contributed by atoms with Crippen molar-refractivity contribution in [2.45, 2.75) is 78.0 Å². The van der Waals surface area contributed by atoms with Gasteiger partial charge in [-0.05, 0) is 60.7 Å². The first-order valence-corrected chi connectivity index (χ1v) is 14.5. The van der Waals surface area contributed by atoms with Crippen LogP contribution < -0.4 is 5.32 Å². The molecule has 0 saturated heterocycles. The van der Waals surface area contributed by atoms with Crippen LogP contribution in [0.15, 0.2) is 71.2 Å². The second-order valence-corrected chi connectivity index (χ2v) is 11.4. The summed E-state index contributed by atoms with van der Waals surface area (Å²) in [4.78, 5) is 32.1. The fraction of sp³-hybridized carbons (Fsp3) is 0.455. The number of cyclic esters (lactones) is 2. The Morgan fingerprint density at radius 1 is 1.19 bits per heavy atom. The van der Waals surface area contributed by atoms with Crippen molar-refractivity contribution < 1.29 is 51.8 Å². The third kappa shape index (κ3) is 17.1. The molecule has 0 amide bonds. The van der Waals surface area contributed by atoms with Crippen LogP contribution in [0.5, 0.6) is 0 Å². The molecule has 0 aromatic carbocycles. The first-order chi connectivity index (χ1) is 19.0. The number of carbonyl (C=O) groups is 2. The number of carbonyl (C=O) groups excluding carboxylic acids is 2. The number of aryl methyl sites for hydroxylation is 1. The van der Waals surface area contributed by atoms with Crippen molar-refractivity contribution in [1.82, 2.24) is 15.2 Å². The van der Waals surface area contributed by atoms with Gasteiger partial charge in [0.2, 0.25) is 0 Å². The first-order valence-electron chi connectivity index (χ1n) is 13.7. The third-order valence-electron chi connectivity index (χ3n) is 6.10. The number of hydrogen-bond donors (Lipinski definition) is 1. The van der Waals surface area contributed by atoms with Crippen LogP contribution in [-0.2, 0) is 64.6 Å². The molecule has 1 aromatic heterocycles. The molecule has 0 fully saturated rings. The molecular formula is C33H47N3O4SY-2.